The molecule has 0 saturated heterocycles. The van der Waals surface area contributed by atoms with E-state index in [9.17, 15) is 9.59 Å². The molecule has 0 radical (unpaired) electrons. The van der Waals surface area contributed by atoms with Crippen LogP contribution in [0.15, 0.2) is 42.7 Å². The summed E-state index contributed by atoms with van der Waals surface area (Å²) in [6, 6.07) is 9.01. The average Bonchev–Trinajstić information content (AvgIpc) is 3.34. The summed E-state index contributed by atoms with van der Waals surface area (Å²) in [5, 5.41) is 6.98. The molecule has 0 spiro atoms. The fourth-order valence-electron chi connectivity index (χ4n) is 3.61. The van der Waals surface area contributed by atoms with Crippen molar-refractivity contribution in [1.29, 1.82) is 0 Å². The minimum Gasteiger partial charge on any atom is -0.344 e. The summed E-state index contributed by atoms with van der Waals surface area (Å²) in [5.74, 6) is 0.700. The molecule has 1 aromatic heterocycles. The van der Waals surface area contributed by atoms with Crippen molar-refractivity contribution in [3.8, 4) is 0 Å². The number of nitrogens with one attached hydrogen (secondary N) is 1. The lowest BCUT2D eigenvalue weighted by Gasteiger charge is -2.18. The average molecular weight is 368 g/mol. The van der Waals surface area contributed by atoms with Crippen molar-refractivity contribution < 1.29 is 9.59 Å². The van der Waals surface area contributed by atoms with E-state index in [2.05, 4.69) is 10.4 Å². The minimum atomic E-state index is -0.189. The molecule has 1 fully saturated rings. The Morgan fingerprint density at radius 2 is 1.96 bits per heavy atom. The summed E-state index contributed by atoms with van der Waals surface area (Å²) in [6.07, 6.45) is 11.0. The van der Waals surface area contributed by atoms with Crippen LogP contribution in [0.1, 0.15) is 48.9 Å². The Bertz CT molecular complexity index is 751. The summed E-state index contributed by atoms with van der Waals surface area (Å²) < 4.78 is 1.57. The predicted molar refractivity (Wildman–Crippen MR) is 105 cm³/mol. The number of hydrogen-bond donors (Lipinski definition) is 1. The first-order valence-corrected chi connectivity index (χ1v) is 9.74. The first kappa shape index (κ1) is 19.1. The maximum absolute atomic E-state index is 12.4. The van der Waals surface area contributed by atoms with Crippen LogP contribution in [-0.4, -0.2) is 40.1 Å². The van der Waals surface area contributed by atoms with E-state index in [0.717, 1.165) is 18.9 Å². The number of benzene rings is 1. The molecule has 0 bridgehead atoms. The molecule has 3 rings (SSSR count). The highest BCUT2D eigenvalue weighted by molar-refractivity contribution is 6.04. The molecule has 1 aliphatic carbocycles. The van der Waals surface area contributed by atoms with Crippen molar-refractivity contribution in [2.24, 2.45) is 5.92 Å². The Labute approximate surface area is 160 Å². The van der Waals surface area contributed by atoms with Gasteiger partial charge in [0, 0.05) is 25.4 Å². The van der Waals surface area contributed by atoms with E-state index in [-0.39, 0.29) is 18.4 Å². The summed E-state index contributed by atoms with van der Waals surface area (Å²) >= 11 is 0. The number of anilines is 1. The SMILES string of the molecule is CN(CCCC1CCCC1)C(=O)Cn1cc(NC(=O)c2ccccc2)cn1. The summed E-state index contributed by atoms with van der Waals surface area (Å²) in [7, 11) is 1.85. The first-order chi connectivity index (χ1) is 13.1. The molecule has 1 aliphatic rings. The third-order valence-electron chi connectivity index (χ3n) is 5.23. The van der Waals surface area contributed by atoms with Crippen molar-refractivity contribution in [1.82, 2.24) is 14.7 Å². The van der Waals surface area contributed by atoms with Crippen LogP contribution in [0.4, 0.5) is 5.69 Å². The van der Waals surface area contributed by atoms with Crippen LogP contribution in [0.5, 0.6) is 0 Å². The molecule has 1 saturated carbocycles. The standard InChI is InChI=1S/C21H28N4O2/c1-24(13-7-10-17-8-5-6-9-17)20(26)16-25-15-19(14-22-25)23-21(27)18-11-3-2-4-12-18/h2-4,11-12,14-15,17H,5-10,13,16H2,1H3,(H,23,27). The van der Waals surface area contributed by atoms with E-state index in [0.29, 0.717) is 11.3 Å². The van der Waals surface area contributed by atoms with Crippen LogP contribution in [0.3, 0.4) is 0 Å². The van der Waals surface area contributed by atoms with Gasteiger partial charge in [-0.25, -0.2) is 0 Å². The van der Waals surface area contributed by atoms with E-state index in [1.807, 2.05) is 25.2 Å². The van der Waals surface area contributed by atoms with Gasteiger partial charge in [-0.1, -0.05) is 43.9 Å². The second kappa shape index (κ2) is 9.35. The first-order valence-electron chi connectivity index (χ1n) is 9.74. The van der Waals surface area contributed by atoms with Crippen LogP contribution in [0.2, 0.25) is 0 Å². The number of carbonyl (C=O) groups excluding carboxylic acids is 2. The molecule has 0 aliphatic heterocycles. The molecule has 1 N–H and O–H groups in total. The van der Waals surface area contributed by atoms with Crippen LogP contribution in [0, 0.1) is 5.92 Å². The highest BCUT2D eigenvalue weighted by Gasteiger charge is 2.16. The van der Waals surface area contributed by atoms with Crippen molar-refractivity contribution in [3.05, 3.63) is 48.3 Å². The maximum Gasteiger partial charge on any atom is 0.255 e. The monoisotopic (exact) mass is 368 g/mol. The Morgan fingerprint density at radius 1 is 1.22 bits per heavy atom. The van der Waals surface area contributed by atoms with Gasteiger partial charge in [0.15, 0.2) is 0 Å². The highest BCUT2D eigenvalue weighted by Crippen LogP contribution is 2.28. The van der Waals surface area contributed by atoms with Gasteiger partial charge in [-0.15, -0.1) is 0 Å². The number of likely N-dealkylation sites (N-methyl/N-ethyl adjacent to an activating group) is 1. The van der Waals surface area contributed by atoms with Gasteiger partial charge in [0.2, 0.25) is 5.91 Å². The van der Waals surface area contributed by atoms with Crippen molar-refractivity contribution in [3.63, 3.8) is 0 Å². The number of aromatic nitrogens is 2. The zero-order valence-corrected chi connectivity index (χ0v) is 15.9. The van der Waals surface area contributed by atoms with E-state index >= 15 is 0 Å². The highest BCUT2D eigenvalue weighted by atomic mass is 16.2. The molecule has 0 atom stereocenters. The van der Waals surface area contributed by atoms with Crippen LogP contribution < -0.4 is 5.32 Å². The Kier molecular flexibility index (Phi) is 6.63. The third-order valence-corrected chi connectivity index (χ3v) is 5.23. The molecule has 0 unspecified atom stereocenters. The second-order valence-electron chi connectivity index (χ2n) is 7.35. The fourth-order valence-corrected chi connectivity index (χ4v) is 3.61. The smallest absolute Gasteiger partial charge is 0.255 e. The van der Waals surface area contributed by atoms with Gasteiger partial charge in [-0.05, 0) is 30.9 Å². The van der Waals surface area contributed by atoms with E-state index in [4.69, 9.17) is 0 Å². The third kappa shape index (κ3) is 5.67. The quantitative estimate of drug-likeness (QED) is 0.775. The Balaban J connectivity index is 1.43. The predicted octanol–water partition coefficient (Wildman–Crippen LogP) is 3.56. The molecule has 27 heavy (non-hydrogen) atoms. The van der Waals surface area contributed by atoms with Gasteiger partial charge in [-0.3, -0.25) is 14.3 Å². The van der Waals surface area contributed by atoms with Gasteiger partial charge >= 0.3 is 0 Å². The molecular weight excluding hydrogens is 340 g/mol. The number of rotatable bonds is 8. The molecule has 2 amide bonds. The maximum atomic E-state index is 12.4. The van der Waals surface area contributed by atoms with E-state index < -0.39 is 0 Å². The molecule has 6 nitrogen and oxygen atoms in total. The lowest BCUT2D eigenvalue weighted by Crippen LogP contribution is -2.31. The number of hydrogen-bond acceptors (Lipinski definition) is 3. The molecule has 6 heteroatoms. The van der Waals surface area contributed by atoms with Gasteiger partial charge < -0.3 is 10.2 Å². The van der Waals surface area contributed by atoms with Crippen molar-refractivity contribution in [2.75, 3.05) is 18.9 Å². The van der Waals surface area contributed by atoms with Gasteiger partial charge in [0.05, 0.1) is 11.9 Å². The normalized spacial score (nSPS) is 14.3. The summed E-state index contributed by atoms with van der Waals surface area (Å²) in [6.45, 7) is 0.968. The van der Waals surface area contributed by atoms with Crippen LogP contribution in [0.25, 0.3) is 0 Å². The Morgan fingerprint density at radius 3 is 2.70 bits per heavy atom. The lowest BCUT2D eigenvalue weighted by molar-refractivity contribution is -0.130. The van der Waals surface area contributed by atoms with Crippen molar-refractivity contribution in [2.45, 2.75) is 45.1 Å². The summed E-state index contributed by atoms with van der Waals surface area (Å²) in [5.41, 5.74) is 1.17. The minimum absolute atomic E-state index is 0.0328. The molecule has 1 aromatic carbocycles. The number of nitrogens with zero attached hydrogens (tertiary/aromatic N) is 3. The van der Waals surface area contributed by atoms with Gasteiger partial charge in [0.1, 0.15) is 6.54 Å². The molecule has 1 heterocycles. The van der Waals surface area contributed by atoms with Crippen LogP contribution in [-0.2, 0) is 11.3 Å². The molecule has 144 valence electrons. The zero-order valence-electron chi connectivity index (χ0n) is 15.9. The largest absolute Gasteiger partial charge is 0.344 e. The topological polar surface area (TPSA) is 67.2 Å². The lowest BCUT2D eigenvalue weighted by atomic mass is 10.0. The van der Waals surface area contributed by atoms with Gasteiger partial charge in [0.25, 0.3) is 5.91 Å². The number of carbonyl (C=O) groups is 2. The fraction of sp³-hybridized carbons (Fsp3) is 0.476. The van der Waals surface area contributed by atoms with Crippen LogP contribution >= 0.6 is 0 Å². The molecule has 2 aromatic rings. The van der Waals surface area contributed by atoms with E-state index in [1.54, 1.807) is 34.1 Å². The molecular formula is C21H28N4O2. The summed E-state index contributed by atoms with van der Waals surface area (Å²) in [4.78, 5) is 26.3. The van der Waals surface area contributed by atoms with Gasteiger partial charge in [-0.2, -0.15) is 5.10 Å². The number of amides is 2. The van der Waals surface area contributed by atoms with Crippen molar-refractivity contribution >= 4 is 17.5 Å². The Hall–Kier alpha value is -2.63. The van der Waals surface area contributed by atoms with E-state index in [1.165, 1.54) is 32.1 Å². The second-order valence-corrected chi connectivity index (χ2v) is 7.35. The zero-order chi connectivity index (χ0) is 19.1.